The number of carbonyl (C=O) groups is 2. The zero-order chi connectivity index (χ0) is 20.1. The summed E-state index contributed by atoms with van der Waals surface area (Å²) in [5, 5.41) is 1.75. The van der Waals surface area contributed by atoms with E-state index in [-0.39, 0.29) is 16.1 Å². The summed E-state index contributed by atoms with van der Waals surface area (Å²) in [6.07, 6.45) is 0. The Balaban J connectivity index is 1.68. The van der Waals surface area contributed by atoms with Gasteiger partial charge in [-0.2, -0.15) is 0 Å². The van der Waals surface area contributed by atoms with Crippen molar-refractivity contribution in [3.05, 3.63) is 81.0 Å². The van der Waals surface area contributed by atoms with Gasteiger partial charge in [-0.25, -0.2) is 8.42 Å². The maximum Gasteiger partial charge on any atom is 0.279 e. The van der Waals surface area contributed by atoms with Crippen LogP contribution in [0.4, 0.5) is 5.69 Å². The molecule has 7 nitrogen and oxygen atoms in total. The predicted octanol–water partition coefficient (Wildman–Crippen LogP) is 3.39. The molecule has 0 aliphatic heterocycles. The van der Waals surface area contributed by atoms with Crippen LogP contribution < -0.4 is 15.6 Å². The number of hydrogen-bond acceptors (Lipinski definition) is 5. The molecule has 10 heteroatoms. The van der Waals surface area contributed by atoms with Gasteiger partial charge < -0.3 is 0 Å². The number of rotatable bonds is 5. The Labute approximate surface area is 173 Å². The minimum absolute atomic E-state index is 0.0914. The van der Waals surface area contributed by atoms with Crippen LogP contribution in [0.25, 0.3) is 0 Å². The highest BCUT2D eigenvalue weighted by Crippen LogP contribution is 2.19. The fourth-order valence-corrected chi connectivity index (χ4v) is 4.14. The average molecular weight is 480 g/mol. The van der Waals surface area contributed by atoms with Crippen LogP contribution in [-0.4, -0.2) is 20.2 Å². The molecule has 0 aliphatic rings. The van der Waals surface area contributed by atoms with Crippen molar-refractivity contribution in [1.82, 2.24) is 10.9 Å². The third-order valence-electron chi connectivity index (χ3n) is 3.54. The van der Waals surface area contributed by atoms with Crippen molar-refractivity contribution in [3.8, 4) is 0 Å². The largest absolute Gasteiger partial charge is 0.280 e. The quantitative estimate of drug-likeness (QED) is 0.487. The summed E-state index contributed by atoms with van der Waals surface area (Å²) in [4.78, 5) is 24.7. The van der Waals surface area contributed by atoms with Crippen LogP contribution in [0.5, 0.6) is 0 Å². The van der Waals surface area contributed by atoms with Crippen LogP contribution in [0.3, 0.4) is 0 Å². The van der Waals surface area contributed by atoms with Crippen molar-refractivity contribution >= 4 is 54.8 Å². The van der Waals surface area contributed by atoms with Gasteiger partial charge in [0.1, 0.15) is 0 Å². The van der Waals surface area contributed by atoms with Gasteiger partial charge in [-0.15, -0.1) is 11.3 Å². The van der Waals surface area contributed by atoms with Gasteiger partial charge in [0.15, 0.2) is 0 Å². The predicted molar refractivity (Wildman–Crippen MR) is 111 cm³/mol. The van der Waals surface area contributed by atoms with Gasteiger partial charge in [0.05, 0.1) is 9.77 Å². The molecule has 0 radical (unpaired) electrons. The van der Waals surface area contributed by atoms with E-state index < -0.39 is 21.8 Å². The second kappa shape index (κ2) is 8.55. The van der Waals surface area contributed by atoms with E-state index in [9.17, 15) is 18.0 Å². The van der Waals surface area contributed by atoms with Crippen LogP contribution >= 0.6 is 27.3 Å². The van der Waals surface area contributed by atoms with Gasteiger partial charge in [0, 0.05) is 15.7 Å². The maximum absolute atomic E-state index is 12.5. The molecule has 2 amide bonds. The highest BCUT2D eigenvalue weighted by Gasteiger charge is 2.15. The third kappa shape index (κ3) is 4.97. The van der Waals surface area contributed by atoms with Crippen molar-refractivity contribution in [2.24, 2.45) is 0 Å². The van der Waals surface area contributed by atoms with E-state index in [1.165, 1.54) is 47.7 Å². The molecule has 0 unspecified atom stereocenters. The lowest BCUT2D eigenvalue weighted by Gasteiger charge is -2.10. The molecule has 0 atom stereocenters. The van der Waals surface area contributed by atoms with Crippen LogP contribution in [0.15, 0.2) is 75.4 Å². The number of hydrazine groups is 1. The van der Waals surface area contributed by atoms with Gasteiger partial charge in [-0.05, 0) is 53.9 Å². The van der Waals surface area contributed by atoms with Crippen molar-refractivity contribution in [2.75, 3.05) is 4.72 Å². The zero-order valence-corrected chi connectivity index (χ0v) is 17.4. The minimum atomic E-state index is -3.80. The number of benzene rings is 2. The molecule has 28 heavy (non-hydrogen) atoms. The Kier molecular flexibility index (Phi) is 6.12. The zero-order valence-electron chi connectivity index (χ0n) is 14.2. The molecule has 0 aliphatic carbocycles. The van der Waals surface area contributed by atoms with E-state index in [0.717, 1.165) is 4.47 Å². The van der Waals surface area contributed by atoms with E-state index >= 15 is 0 Å². The standard InChI is InChI=1S/C18H14BrN3O4S2/c19-13-6-8-15(9-7-13)28(25,26)22-14-4-1-3-12(11-14)17(23)20-21-18(24)16-5-2-10-27-16/h1-11,22H,(H,20,23)(H,21,24). The van der Waals surface area contributed by atoms with Crippen LogP contribution in [0.1, 0.15) is 20.0 Å². The highest BCUT2D eigenvalue weighted by molar-refractivity contribution is 9.10. The second-order valence-corrected chi connectivity index (χ2v) is 9.07. The minimum Gasteiger partial charge on any atom is -0.280 e. The first kappa shape index (κ1) is 20.1. The first-order valence-corrected chi connectivity index (χ1v) is 11.0. The van der Waals surface area contributed by atoms with Gasteiger partial charge in [-0.3, -0.25) is 25.2 Å². The maximum atomic E-state index is 12.5. The first-order chi connectivity index (χ1) is 13.3. The SMILES string of the molecule is O=C(NNC(=O)c1cccs1)c1cccc(NS(=O)(=O)c2ccc(Br)cc2)c1. The smallest absolute Gasteiger partial charge is 0.279 e. The molecule has 3 rings (SSSR count). The molecule has 1 heterocycles. The number of halogens is 1. The number of carbonyl (C=O) groups excluding carboxylic acids is 2. The van der Waals surface area contributed by atoms with E-state index in [1.807, 2.05) is 0 Å². The fraction of sp³-hybridized carbons (Fsp3) is 0. The highest BCUT2D eigenvalue weighted by atomic mass is 79.9. The van der Waals surface area contributed by atoms with Crippen molar-refractivity contribution in [2.45, 2.75) is 4.90 Å². The summed E-state index contributed by atoms with van der Waals surface area (Å²) >= 11 is 4.50. The number of amides is 2. The fourth-order valence-electron chi connectivity index (χ4n) is 2.21. The van der Waals surface area contributed by atoms with Gasteiger partial charge >= 0.3 is 0 Å². The summed E-state index contributed by atoms with van der Waals surface area (Å²) in [5.41, 5.74) is 5.02. The van der Waals surface area contributed by atoms with Crippen LogP contribution in [-0.2, 0) is 10.0 Å². The summed E-state index contributed by atoms with van der Waals surface area (Å²) < 4.78 is 28.1. The molecule has 0 saturated carbocycles. The Hall–Kier alpha value is -2.69. The molecule has 0 saturated heterocycles. The molecule has 0 bridgehead atoms. The average Bonchev–Trinajstić information content (AvgIpc) is 3.21. The topological polar surface area (TPSA) is 104 Å². The van der Waals surface area contributed by atoms with Gasteiger partial charge in [0.2, 0.25) is 0 Å². The number of hydrogen-bond donors (Lipinski definition) is 3. The Morgan fingerprint density at radius 2 is 1.61 bits per heavy atom. The summed E-state index contributed by atoms with van der Waals surface area (Å²) in [5.74, 6) is -1.01. The Bertz CT molecular complexity index is 1100. The van der Waals surface area contributed by atoms with Crippen molar-refractivity contribution < 1.29 is 18.0 Å². The third-order valence-corrected chi connectivity index (χ3v) is 6.33. The van der Waals surface area contributed by atoms with E-state index in [1.54, 1.807) is 29.6 Å². The van der Waals surface area contributed by atoms with Crippen molar-refractivity contribution in [1.29, 1.82) is 0 Å². The summed E-state index contributed by atoms with van der Waals surface area (Å²) in [6, 6.07) is 15.5. The number of anilines is 1. The molecular formula is C18H14BrN3O4S2. The lowest BCUT2D eigenvalue weighted by molar-refractivity contribution is 0.0849. The van der Waals surface area contributed by atoms with Crippen LogP contribution in [0, 0.1) is 0 Å². The first-order valence-electron chi connectivity index (χ1n) is 7.88. The van der Waals surface area contributed by atoms with E-state index in [2.05, 4.69) is 31.5 Å². The van der Waals surface area contributed by atoms with Crippen molar-refractivity contribution in [3.63, 3.8) is 0 Å². The molecule has 3 aromatic rings. The van der Waals surface area contributed by atoms with Crippen LogP contribution in [0.2, 0.25) is 0 Å². The molecule has 1 aromatic heterocycles. The lowest BCUT2D eigenvalue weighted by Crippen LogP contribution is -2.41. The normalized spacial score (nSPS) is 10.9. The number of sulfonamides is 1. The van der Waals surface area contributed by atoms with E-state index in [0.29, 0.717) is 4.88 Å². The number of nitrogens with one attached hydrogen (secondary N) is 3. The van der Waals surface area contributed by atoms with Gasteiger partial charge in [-0.1, -0.05) is 28.1 Å². The number of thiophene rings is 1. The monoisotopic (exact) mass is 479 g/mol. The summed E-state index contributed by atoms with van der Waals surface area (Å²) in [6.45, 7) is 0. The Morgan fingerprint density at radius 1 is 0.893 bits per heavy atom. The molecular weight excluding hydrogens is 466 g/mol. The lowest BCUT2D eigenvalue weighted by atomic mass is 10.2. The molecule has 0 spiro atoms. The van der Waals surface area contributed by atoms with E-state index in [4.69, 9.17) is 0 Å². The second-order valence-electron chi connectivity index (χ2n) is 5.53. The summed E-state index contributed by atoms with van der Waals surface area (Å²) in [7, 11) is -3.80. The molecule has 0 fully saturated rings. The molecule has 144 valence electrons. The van der Waals surface area contributed by atoms with Gasteiger partial charge in [0.25, 0.3) is 21.8 Å². The molecule has 3 N–H and O–H groups in total. The Morgan fingerprint density at radius 3 is 2.29 bits per heavy atom. The molecule has 2 aromatic carbocycles.